The van der Waals surface area contributed by atoms with E-state index < -0.39 is 0 Å². The Bertz CT molecular complexity index is 268. The summed E-state index contributed by atoms with van der Waals surface area (Å²) >= 11 is 6.44. The van der Waals surface area contributed by atoms with Crippen molar-refractivity contribution in [3.63, 3.8) is 0 Å². The molecular weight excluding hydrogens is 275 g/mol. The van der Waals surface area contributed by atoms with Crippen molar-refractivity contribution in [2.45, 2.75) is 13.8 Å². The largest absolute Gasteiger partial charge is 0.205 e. The van der Waals surface area contributed by atoms with Gasteiger partial charge >= 0.3 is 0 Å². The monoisotopic (exact) mass is 280 g/mol. The Morgan fingerprint density at radius 3 is 2.36 bits per heavy atom. The molecule has 0 fully saturated rings. The van der Waals surface area contributed by atoms with Crippen LogP contribution in [0.3, 0.4) is 0 Å². The summed E-state index contributed by atoms with van der Waals surface area (Å²) in [6.45, 7) is 3.60. The van der Waals surface area contributed by atoms with Crippen LogP contribution in [0.25, 0.3) is 0 Å². The number of rotatable bonds is 0. The summed E-state index contributed by atoms with van der Waals surface area (Å²) in [5.74, 6) is -0.183. The lowest BCUT2D eigenvalue weighted by molar-refractivity contribution is 0.609. The Labute approximate surface area is 82.1 Å². The Balaban J connectivity index is 3.46. The third kappa shape index (κ3) is 1.64. The molecular formula is C8H7Br2F. The van der Waals surface area contributed by atoms with Crippen molar-refractivity contribution in [1.29, 1.82) is 0 Å². The van der Waals surface area contributed by atoms with E-state index in [1.165, 1.54) is 0 Å². The van der Waals surface area contributed by atoms with Gasteiger partial charge in [-0.15, -0.1) is 0 Å². The molecule has 0 N–H and O–H groups in total. The second-order valence-electron chi connectivity index (χ2n) is 2.43. The van der Waals surface area contributed by atoms with Crippen LogP contribution in [0.15, 0.2) is 15.0 Å². The second-order valence-corrected chi connectivity index (χ2v) is 4.08. The predicted molar refractivity (Wildman–Crippen MR) is 51.3 cm³/mol. The molecule has 0 atom stereocenters. The average Bonchev–Trinajstić information content (AvgIpc) is 1.97. The predicted octanol–water partition coefficient (Wildman–Crippen LogP) is 3.97. The van der Waals surface area contributed by atoms with Crippen molar-refractivity contribution in [3.8, 4) is 0 Å². The van der Waals surface area contributed by atoms with Gasteiger partial charge in [0.2, 0.25) is 0 Å². The van der Waals surface area contributed by atoms with Gasteiger partial charge in [0.1, 0.15) is 5.82 Å². The van der Waals surface area contributed by atoms with Gasteiger partial charge in [-0.05, 0) is 41.4 Å². The smallest absolute Gasteiger partial charge is 0.141 e. The number of hydrogen-bond donors (Lipinski definition) is 0. The van der Waals surface area contributed by atoms with Gasteiger partial charge in [-0.2, -0.15) is 0 Å². The van der Waals surface area contributed by atoms with Gasteiger partial charge in [-0.25, -0.2) is 4.39 Å². The number of halogens is 3. The SMILES string of the molecule is Cc1cc(Br)c(C)c(F)c1Br. The Kier molecular flexibility index (Phi) is 2.70. The number of hydrogen-bond acceptors (Lipinski definition) is 0. The van der Waals surface area contributed by atoms with Crippen LogP contribution in [-0.2, 0) is 0 Å². The van der Waals surface area contributed by atoms with Crippen LogP contribution in [0.4, 0.5) is 4.39 Å². The molecule has 0 aromatic heterocycles. The van der Waals surface area contributed by atoms with E-state index in [2.05, 4.69) is 31.9 Å². The van der Waals surface area contributed by atoms with Gasteiger partial charge < -0.3 is 0 Å². The van der Waals surface area contributed by atoms with Crippen LogP contribution < -0.4 is 0 Å². The Hall–Kier alpha value is 0.110. The summed E-state index contributed by atoms with van der Waals surface area (Å²) in [4.78, 5) is 0. The van der Waals surface area contributed by atoms with E-state index in [9.17, 15) is 4.39 Å². The topological polar surface area (TPSA) is 0 Å². The molecule has 0 spiro atoms. The van der Waals surface area contributed by atoms with Crippen molar-refractivity contribution in [2.75, 3.05) is 0 Å². The normalized spacial score (nSPS) is 10.3. The summed E-state index contributed by atoms with van der Waals surface area (Å²) in [6, 6.07) is 1.89. The first-order valence-electron chi connectivity index (χ1n) is 3.14. The highest BCUT2D eigenvalue weighted by Crippen LogP contribution is 2.28. The van der Waals surface area contributed by atoms with Crippen molar-refractivity contribution in [2.24, 2.45) is 0 Å². The molecule has 0 saturated heterocycles. The lowest BCUT2D eigenvalue weighted by Gasteiger charge is -2.04. The molecule has 0 unspecified atom stereocenters. The maximum absolute atomic E-state index is 13.2. The standard InChI is InChI=1S/C8H7Br2F/c1-4-3-6(9)5(2)8(11)7(4)10/h3H,1-2H3. The highest BCUT2D eigenvalue weighted by Gasteiger charge is 2.08. The fourth-order valence-corrected chi connectivity index (χ4v) is 1.73. The van der Waals surface area contributed by atoms with Crippen molar-refractivity contribution < 1.29 is 4.39 Å². The first-order valence-corrected chi connectivity index (χ1v) is 4.73. The molecule has 0 radical (unpaired) electrons. The molecule has 0 bridgehead atoms. The highest BCUT2D eigenvalue weighted by molar-refractivity contribution is 9.11. The molecule has 1 aromatic carbocycles. The van der Waals surface area contributed by atoms with E-state index in [1.54, 1.807) is 6.92 Å². The maximum atomic E-state index is 13.2. The van der Waals surface area contributed by atoms with Crippen molar-refractivity contribution in [3.05, 3.63) is 32.0 Å². The van der Waals surface area contributed by atoms with Crippen LogP contribution in [0.2, 0.25) is 0 Å². The fourth-order valence-electron chi connectivity index (χ4n) is 0.804. The summed E-state index contributed by atoms with van der Waals surface area (Å²) in [5, 5.41) is 0. The highest BCUT2D eigenvalue weighted by atomic mass is 79.9. The van der Waals surface area contributed by atoms with Gasteiger partial charge in [0.15, 0.2) is 0 Å². The lowest BCUT2D eigenvalue weighted by atomic mass is 10.2. The molecule has 0 aliphatic carbocycles. The van der Waals surface area contributed by atoms with Gasteiger partial charge in [0, 0.05) is 10.0 Å². The molecule has 11 heavy (non-hydrogen) atoms. The van der Waals surface area contributed by atoms with Crippen LogP contribution in [-0.4, -0.2) is 0 Å². The van der Waals surface area contributed by atoms with Gasteiger partial charge in [0.05, 0.1) is 4.47 Å². The van der Waals surface area contributed by atoms with E-state index in [1.807, 2.05) is 13.0 Å². The van der Waals surface area contributed by atoms with Crippen LogP contribution in [0.1, 0.15) is 11.1 Å². The lowest BCUT2D eigenvalue weighted by Crippen LogP contribution is -1.88. The molecule has 0 aliphatic rings. The van der Waals surface area contributed by atoms with E-state index in [0.717, 1.165) is 10.0 Å². The van der Waals surface area contributed by atoms with Gasteiger partial charge in [-0.3, -0.25) is 0 Å². The molecule has 0 heterocycles. The summed E-state index contributed by atoms with van der Waals surface area (Å²) < 4.78 is 14.5. The van der Waals surface area contributed by atoms with Crippen LogP contribution in [0.5, 0.6) is 0 Å². The third-order valence-corrected chi connectivity index (χ3v) is 3.37. The molecule has 3 heteroatoms. The minimum absolute atomic E-state index is 0.183. The Morgan fingerprint density at radius 2 is 1.82 bits per heavy atom. The van der Waals surface area contributed by atoms with Crippen molar-refractivity contribution in [1.82, 2.24) is 0 Å². The van der Waals surface area contributed by atoms with Gasteiger partial charge in [-0.1, -0.05) is 15.9 Å². The second kappa shape index (κ2) is 3.23. The average molecular weight is 282 g/mol. The molecule has 0 nitrogen and oxygen atoms in total. The molecule has 0 aliphatic heterocycles. The van der Waals surface area contributed by atoms with E-state index in [-0.39, 0.29) is 5.82 Å². The zero-order chi connectivity index (χ0) is 8.59. The zero-order valence-corrected chi connectivity index (χ0v) is 9.38. The number of aryl methyl sites for hydroxylation is 1. The van der Waals surface area contributed by atoms with Crippen LogP contribution in [0, 0.1) is 19.7 Å². The maximum Gasteiger partial charge on any atom is 0.141 e. The zero-order valence-electron chi connectivity index (χ0n) is 6.21. The molecule has 1 rings (SSSR count). The summed E-state index contributed by atoms with van der Waals surface area (Å²) in [5.41, 5.74) is 1.54. The third-order valence-electron chi connectivity index (χ3n) is 1.57. The van der Waals surface area contributed by atoms with E-state index in [4.69, 9.17) is 0 Å². The minimum Gasteiger partial charge on any atom is -0.205 e. The minimum atomic E-state index is -0.183. The molecule has 0 amide bonds. The summed E-state index contributed by atoms with van der Waals surface area (Å²) in [6.07, 6.45) is 0. The quantitative estimate of drug-likeness (QED) is 0.632. The first kappa shape index (κ1) is 9.20. The molecule has 1 aromatic rings. The van der Waals surface area contributed by atoms with E-state index >= 15 is 0 Å². The van der Waals surface area contributed by atoms with Gasteiger partial charge in [0.25, 0.3) is 0 Å². The van der Waals surface area contributed by atoms with E-state index in [0.29, 0.717) is 10.0 Å². The fraction of sp³-hybridized carbons (Fsp3) is 0.250. The van der Waals surface area contributed by atoms with Crippen molar-refractivity contribution >= 4 is 31.9 Å². The summed E-state index contributed by atoms with van der Waals surface area (Å²) in [7, 11) is 0. The number of benzene rings is 1. The van der Waals surface area contributed by atoms with Crippen LogP contribution >= 0.6 is 31.9 Å². The Morgan fingerprint density at radius 1 is 1.27 bits per heavy atom. The first-order chi connectivity index (χ1) is 5.04. The molecule has 60 valence electrons. The molecule has 0 saturated carbocycles.